The molecule has 0 aromatic carbocycles. The Morgan fingerprint density at radius 2 is 2.19 bits per heavy atom. The van der Waals surface area contributed by atoms with Crippen molar-refractivity contribution in [2.24, 2.45) is 5.92 Å². The van der Waals surface area contributed by atoms with Gasteiger partial charge >= 0.3 is 0 Å². The van der Waals surface area contributed by atoms with Gasteiger partial charge in [0.2, 0.25) is 0 Å². The fourth-order valence-electron chi connectivity index (χ4n) is 1.21. The molecule has 7 heteroatoms. The lowest BCUT2D eigenvalue weighted by atomic mass is 10.2. The molecular formula is C9H15BrN2O2S2. The van der Waals surface area contributed by atoms with E-state index in [9.17, 15) is 8.42 Å². The van der Waals surface area contributed by atoms with E-state index in [2.05, 4.69) is 26.0 Å². The van der Waals surface area contributed by atoms with Gasteiger partial charge in [-0.15, -0.1) is 11.3 Å². The van der Waals surface area contributed by atoms with Crippen LogP contribution >= 0.6 is 27.3 Å². The highest BCUT2D eigenvalue weighted by Crippen LogP contribution is 2.27. The van der Waals surface area contributed by atoms with E-state index in [-0.39, 0.29) is 5.92 Å². The molecule has 1 heterocycles. The summed E-state index contributed by atoms with van der Waals surface area (Å²) in [6.45, 7) is 3.21. The lowest BCUT2D eigenvalue weighted by Gasteiger charge is -2.11. The highest BCUT2D eigenvalue weighted by atomic mass is 79.9. The zero-order chi connectivity index (χ0) is 12.2. The molecule has 92 valence electrons. The predicted octanol–water partition coefficient (Wildman–Crippen LogP) is 1.64. The molecule has 1 aromatic heterocycles. The van der Waals surface area contributed by atoms with Crippen LogP contribution in [0, 0.1) is 5.92 Å². The monoisotopic (exact) mass is 326 g/mol. The average Bonchev–Trinajstić information content (AvgIpc) is 2.63. The quantitative estimate of drug-likeness (QED) is 0.835. The fraction of sp³-hybridized carbons (Fsp3) is 0.556. The van der Waals surface area contributed by atoms with Crippen LogP contribution in [0.15, 0.2) is 20.1 Å². The second kappa shape index (κ2) is 6.11. The van der Waals surface area contributed by atoms with Gasteiger partial charge in [0.1, 0.15) is 4.21 Å². The summed E-state index contributed by atoms with van der Waals surface area (Å²) in [6, 6.07) is 1.73. The molecule has 1 unspecified atom stereocenters. The van der Waals surface area contributed by atoms with Crippen molar-refractivity contribution >= 4 is 37.3 Å². The lowest BCUT2D eigenvalue weighted by molar-refractivity contribution is 0.519. The Labute approximate surface area is 109 Å². The number of hydrogen-bond donors (Lipinski definition) is 2. The van der Waals surface area contributed by atoms with Gasteiger partial charge in [-0.1, -0.05) is 6.92 Å². The molecule has 0 spiro atoms. The van der Waals surface area contributed by atoms with E-state index in [1.165, 1.54) is 11.3 Å². The van der Waals surface area contributed by atoms with Crippen molar-refractivity contribution in [3.63, 3.8) is 0 Å². The molecule has 0 amide bonds. The molecule has 0 bridgehead atoms. The molecule has 0 aliphatic heterocycles. The van der Waals surface area contributed by atoms with Crippen molar-refractivity contribution in [2.45, 2.75) is 11.1 Å². The van der Waals surface area contributed by atoms with Crippen LogP contribution < -0.4 is 10.0 Å². The van der Waals surface area contributed by atoms with Crippen molar-refractivity contribution in [3.8, 4) is 0 Å². The summed E-state index contributed by atoms with van der Waals surface area (Å²) >= 11 is 4.43. The first-order chi connectivity index (χ1) is 7.47. The molecule has 0 saturated carbocycles. The Morgan fingerprint density at radius 1 is 1.50 bits per heavy atom. The first-order valence-corrected chi connectivity index (χ1v) is 8.00. The van der Waals surface area contributed by atoms with E-state index >= 15 is 0 Å². The minimum absolute atomic E-state index is 0.263. The Bertz CT molecular complexity index is 430. The Hall–Kier alpha value is 0.0500. The van der Waals surface area contributed by atoms with Crippen molar-refractivity contribution in [1.29, 1.82) is 0 Å². The molecule has 2 N–H and O–H groups in total. The van der Waals surface area contributed by atoms with Crippen molar-refractivity contribution in [3.05, 3.63) is 15.9 Å². The van der Waals surface area contributed by atoms with Crippen LogP contribution in [0.3, 0.4) is 0 Å². The van der Waals surface area contributed by atoms with Gasteiger partial charge < -0.3 is 5.32 Å². The summed E-state index contributed by atoms with van der Waals surface area (Å²) in [4.78, 5) is 0. The van der Waals surface area contributed by atoms with Crippen LogP contribution in [0.1, 0.15) is 6.92 Å². The molecule has 0 aliphatic rings. The summed E-state index contributed by atoms with van der Waals surface area (Å²) in [5.41, 5.74) is 0. The summed E-state index contributed by atoms with van der Waals surface area (Å²) < 4.78 is 27.3. The first kappa shape index (κ1) is 14.1. The van der Waals surface area contributed by atoms with E-state index in [4.69, 9.17) is 0 Å². The standard InChI is InChI=1S/C9H15BrN2O2S2/c1-7(5-11-2)6-12-16(13,14)9-8(10)3-4-15-9/h3-4,7,11-12H,5-6H2,1-2H3. The second-order valence-electron chi connectivity index (χ2n) is 3.57. The van der Waals surface area contributed by atoms with E-state index in [0.29, 0.717) is 15.2 Å². The Kier molecular flexibility index (Phi) is 5.39. The topological polar surface area (TPSA) is 58.2 Å². The van der Waals surface area contributed by atoms with Crippen LogP contribution in [0.5, 0.6) is 0 Å². The maximum Gasteiger partial charge on any atom is 0.251 e. The number of rotatable bonds is 6. The third-order valence-corrected chi connectivity index (χ3v) is 6.10. The largest absolute Gasteiger partial charge is 0.319 e. The molecular weight excluding hydrogens is 312 g/mol. The molecule has 1 atom stereocenters. The predicted molar refractivity (Wildman–Crippen MR) is 70.3 cm³/mol. The van der Waals surface area contributed by atoms with Gasteiger partial charge in [-0.25, -0.2) is 13.1 Å². The number of sulfonamides is 1. The smallest absolute Gasteiger partial charge is 0.251 e. The number of thiophene rings is 1. The van der Waals surface area contributed by atoms with E-state index in [0.717, 1.165) is 6.54 Å². The minimum Gasteiger partial charge on any atom is -0.319 e. The summed E-state index contributed by atoms with van der Waals surface area (Å²) in [5, 5.41) is 4.75. The number of hydrogen-bond acceptors (Lipinski definition) is 4. The van der Waals surface area contributed by atoms with Gasteiger partial charge in [0.05, 0.1) is 0 Å². The average molecular weight is 327 g/mol. The molecule has 0 saturated heterocycles. The summed E-state index contributed by atoms with van der Waals surface area (Å²) in [7, 11) is -1.52. The van der Waals surface area contributed by atoms with Crippen LogP contribution in [0.25, 0.3) is 0 Å². The van der Waals surface area contributed by atoms with Gasteiger partial charge in [0.25, 0.3) is 10.0 Å². The van der Waals surface area contributed by atoms with E-state index in [1.54, 1.807) is 11.4 Å². The molecule has 0 fully saturated rings. The van der Waals surface area contributed by atoms with Crippen LogP contribution in [-0.2, 0) is 10.0 Å². The molecule has 1 aromatic rings. The normalized spacial score (nSPS) is 13.9. The van der Waals surface area contributed by atoms with Crippen molar-refractivity contribution in [1.82, 2.24) is 10.0 Å². The summed E-state index contributed by atoms with van der Waals surface area (Å²) in [6.07, 6.45) is 0. The second-order valence-corrected chi connectivity index (χ2v) is 7.30. The van der Waals surface area contributed by atoms with E-state index in [1.807, 2.05) is 14.0 Å². The highest BCUT2D eigenvalue weighted by molar-refractivity contribution is 9.10. The zero-order valence-electron chi connectivity index (χ0n) is 9.16. The Morgan fingerprint density at radius 3 is 2.69 bits per heavy atom. The van der Waals surface area contributed by atoms with Gasteiger partial charge in [-0.2, -0.15) is 0 Å². The van der Waals surface area contributed by atoms with Crippen molar-refractivity contribution < 1.29 is 8.42 Å². The molecule has 16 heavy (non-hydrogen) atoms. The molecule has 1 rings (SSSR count). The number of nitrogens with one attached hydrogen (secondary N) is 2. The Balaban J connectivity index is 2.63. The zero-order valence-corrected chi connectivity index (χ0v) is 12.4. The lowest BCUT2D eigenvalue weighted by Crippen LogP contribution is -2.32. The number of halogens is 1. The SMILES string of the molecule is CNCC(C)CNS(=O)(=O)c1sccc1Br. The highest BCUT2D eigenvalue weighted by Gasteiger charge is 2.19. The molecule has 0 radical (unpaired) electrons. The minimum atomic E-state index is -3.37. The van der Waals surface area contributed by atoms with Crippen LogP contribution in [0.2, 0.25) is 0 Å². The van der Waals surface area contributed by atoms with Gasteiger partial charge in [0, 0.05) is 11.0 Å². The summed E-state index contributed by atoms with van der Waals surface area (Å²) in [5.74, 6) is 0.263. The van der Waals surface area contributed by atoms with Gasteiger partial charge in [-0.05, 0) is 46.9 Å². The molecule has 4 nitrogen and oxygen atoms in total. The third kappa shape index (κ3) is 3.81. The van der Waals surface area contributed by atoms with E-state index < -0.39 is 10.0 Å². The molecule has 0 aliphatic carbocycles. The maximum atomic E-state index is 11.9. The van der Waals surface area contributed by atoms with Gasteiger partial charge in [-0.3, -0.25) is 0 Å². The van der Waals surface area contributed by atoms with Crippen molar-refractivity contribution in [2.75, 3.05) is 20.1 Å². The van der Waals surface area contributed by atoms with Gasteiger partial charge in [0.15, 0.2) is 0 Å². The maximum absolute atomic E-state index is 11.9. The van der Waals surface area contributed by atoms with Crippen LogP contribution in [-0.4, -0.2) is 28.6 Å². The van der Waals surface area contributed by atoms with Crippen LogP contribution in [0.4, 0.5) is 0 Å². The fourth-order valence-corrected chi connectivity index (χ4v) is 4.75. The first-order valence-electron chi connectivity index (χ1n) is 4.84. The third-order valence-electron chi connectivity index (χ3n) is 2.00.